The van der Waals surface area contributed by atoms with E-state index in [1.165, 1.54) is 0 Å². The third-order valence-electron chi connectivity index (χ3n) is 1.29. The van der Waals surface area contributed by atoms with Crippen LogP contribution in [0.3, 0.4) is 0 Å². The van der Waals surface area contributed by atoms with Gasteiger partial charge in [0.1, 0.15) is 0 Å². The Morgan fingerprint density at radius 3 is 1.36 bits per heavy atom. The van der Waals surface area contributed by atoms with Crippen LogP contribution in [0.1, 0.15) is 12.8 Å². The molecule has 0 bridgehead atoms. The molecule has 7 nitrogen and oxygen atoms in total. The minimum atomic E-state index is -2.74. The van der Waals surface area contributed by atoms with Crippen LogP contribution in [-0.2, 0) is 14.4 Å². The zero-order valence-electron chi connectivity index (χ0n) is 7.13. The van der Waals surface area contributed by atoms with Gasteiger partial charge in [0, 0.05) is 0 Å². The van der Waals surface area contributed by atoms with Crippen molar-refractivity contribution < 1.29 is 34.8 Å². The van der Waals surface area contributed by atoms with E-state index in [2.05, 4.69) is 0 Å². The number of carbonyl (C=O) groups is 3. The first-order chi connectivity index (χ1) is 5.78. The van der Waals surface area contributed by atoms with Crippen LogP contribution in [0.4, 0.5) is 0 Å². The van der Waals surface area contributed by atoms with E-state index < -0.39 is 36.4 Å². The number of rotatable bonds is 5. The number of aliphatic hydroxyl groups is 1. The quantitative estimate of drug-likeness (QED) is 0.414. The van der Waals surface area contributed by atoms with Crippen LogP contribution in [0.5, 0.6) is 0 Å². The summed E-state index contributed by atoms with van der Waals surface area (Å²) < 4.78 is 0. The van der Waals surface area contributed by atoms with Crippen LogP contribution in [-0.4, -0.2) is 68.4 Å². The summed E-state index contributed by atoms with van der Waals surface area (Å²) in [4.78, 5) is 30.5. The van der Waals surface area contributed by atoms with Gasteiger partial charge in [-0.1, -0.05) is 0 Å². The molecule has 0 saturated heterocycles. The first-order valence-corrected chi connectivity index (χ1v) is 3.17. The predicted octanol–water partition coefficient (Wildman–Crippen LogP) is -2.43. The Kier molecular flexibility index (Phi) is 6.51. The van der Waals surface area contributed by atoms with Gasteiger partial charge in [0.05, 0.1) is 12.8 Å². The molecule has 0 amide bonds. The summed E-state index contributed by atoms with van der Waals surface area (Å²) in [7, 11) is 0. The molecule has 0 spiro atoms. The minimum absolute atomic E-state index is 0. The van der Waals surface area contributed by atoms with E-state index in [4.69, 9.17) is 20.4 Å². The summed E-state index contributed by atoms with van der Waals surface area (Å²) in [6.07, 6.45) is -2.29. The molecule has 0 radical (unpaired) electrons. The van der Waals surface area contributed by atoms with Gasteiger partial charge in [-0.25, -0.2) is 4.79 Å². The van der Waals surface area contributed by atoms with Crippen LogP contribution in [0, 0.1) is 0 Å². The van der Waals surface area contributed by atoms with Crippen molar-refractivity contribution in [2.75, 3.05) is 0 Å². The van der Waals surface area contributed by atoms with Gasteiger partial charge in [0.2, 0.25) is 0 Å². The molecule has 0 fully saturated rings. The van der Waals surface area contributed by atoms with Gasteiger partial charge >= 0.3 is 42.3 Å². The SMILES string of the molecule is O=C(O)CC(O)(CC(=O)O)C(=O)O.[SbH3]. The second-order valence-corrected chi connectivity index (χ2v) is 2.48. The van der Waals surface area contributed by atoms with Gasteiger partial charge in [0.15, 0.2) is 5.60 Å². The standard InChI is InChI=1S/C6H8O7.Sb.3H/c7-3(8)1-6(13,5(11)12)2-4(9)10;;;;/h13H,1-2H2,(H,7,8)(H,9,10)(H,11,12);;;;. The van der Waals surface area contributed by atoms with Gasteiger partial charge in [-0.2, -0.15) is 0 Å². The van der Waals surface area contributed by atoms with Crippen LogP contribution in [0.2, 0.25) is 0 Å². The number of carboxylic acids is 3. The van der Waals surface area contributed by atoms with E-state index in [9.17, 15) is 14.4 Å². The van der Waals surface area contributed by atoms with Gasteiger partial charge in [0.25, 0.3) is 0 Å². The van der Waals surface area contributed by atoms with E-state index in [1.54, 1.807) is 0 Å². The molecule has 14 heavy (non-hydrogen) atoms. The fraction of sp³-hybridized carbons (Fsp3) is 0.500. The summed E-state index contributed by atoms with van der Waals surface area (Å²) in [5.41, 5.74) is -2.74. The fourth-order valence-corrected chi connectivity index (χ4v) is 0.714. The van der Waals surface area contributed by atoms with Crippen LogP contribution >= 0.6 is 0 Å². The predicted molar refractivity (Wildman–Crippen MR) is 47.0 cm³/mol. The average Bonchev–Trinajstić information content (AvgIpc) is 1.82. The van der Waals surface area contributed by atoms with Crippen molar-refractivity contribution in [2.24, 2.45) is 0 Å². The molecule has 0 rings (SSSR count). The van der Waals surface area contributed by atoms with Crippen molar-refractivity contribution >= 4 is 42.3 Å². The average molecular weight is 317 g/mol. The van der Waals surface area contributed by atoms with Crippen molar-refractivity contribution in [3.05, 3.63) is 0 Å². The molecule has 0 aliphatic carbocycles. The van der Waals surface area contributed by atoms with Gasteiger partial charge in [-0.15, -0.1) is 0 Å². The molecule has 0 unspecified atom stereocenters. The van der Waals surface area contributed by atoms with Gasteiger partial charge in [-0.05, 0) is 0 Å². The van der Waals surface area contributed by atoms with Crippen molar-refractivity contribution in [1.82, 2.24) is 0 Å². The molecule has 0 aromatic heterocycles. The van der Waals surface area contributed by atoms with Crippen molar-refractivity contribution in [3.8, 4) is 0 Å². The molecule has 0 aliphatic rings. The normalized spacial score (nSPS) is 10.1. The Bertz CT molecular complexity index is 233. The van der Waals surface area contributed by atoms with E-state index in [-0.39, 0.29) is 24.4 Å². The third kappa shape index (κ3) is 5.03. The zero-order valence-corrected chi connectivity index (χ0v) is 11.2. The molecule has 0 aromatic rings. The Morgan fingerprint density at radius 1 is 0.929 bits per heavy atom. The monoisotopic (exact) mass is 316 g/mol. The number of aliphatic carboxylic acids is 3. The molecule has 0 heterocycles. The van der Waals surface area contributed by atoms with Crippen molar-refractivity contribution in [1.29, 1.82) is 0 Å². The molecule has 8 heteroatoms. The van der Waals surface area contributed by atoms with Crippen LogP contribution < -0.4 is 0 Å². The van der Waals surface area contributed by atoms with Gasteiger partial charge < -0.3 is 20.4 Å². The molecular weight excluding hydrogens is 306 g/mol. The Balaban J connectivity index is 0. The second-order valence-electron chi connectivity index (χ2n) is 2.48. The van der Waals surface area contributed by atoms with E-state index in [0.717, 1.165) is 0 Å². The summed E-state index contributed by atoms with van der Waals surface area (Å²) in [5, 5.41) is 33.8. The van der Waals surface area contributed by atoms with Crippen LogP contribution in [0.25, 0.3) is 0 Å². The zero-order chi connectivity index (χ0) is 10.6. The Labute approximate surface area is 95.8 Å². The fourth-order valence-electron chi connectivity index (χ4n) is 0.714. The topological polar surface area (TPSA) is 132 Å². The second kappa shape index (κ2) is 5.82. The Morgan fingerprint density at radius 2 is 1.21 bits per heavy atom. The summed E-state index contributed by atoms with van der Waals surface area (Å²) in [6.45, 7) is 0. The van der Waals surface area contributed by atoms with E-state index >= 15 is 0 Å². The van der Waals surface area contributed by atoms with Crippen molar-refractivity contribution in [2.45, 2.75) is 18.4 Å². The van der Waals surface area contributed by atoms with Crippen molar-refractivity contribution in [3.63, 3.8) is 0 Å². The van der Waals surface area contributed by atoms with Gasteiger partial charge in [-0.3, -0.25) is 9.59 Å². The Hall–Kier alpha value is -0.812. The molecule has 0 aromatic carbocycles. The number of hydrogen-bond acceptors (Lipinski definition) is 4. The summed E-state index contributed by atoms with van der Waals surface area (Å²) in [6, 6.07) is 0. The molecule has 0 aliphatic heterocycles. The maximum absolute atomic E-state index is 10.3. The molecule has 0 saturated carbocycles. The van der Waals surface area contributed by atoms with E-state index in [1.807, 2.05) is 0 Å². The first kappa shape index (κ1) is 15.7. The first-order valence-electron chi connectivity index (χ1n) is 3.17. The third-order valence-corrected chi connectivity index (χ3v) is 1.29. The molecular formula is C6H11O7Sb. The summed E-state index contributed by atoms with van der Waals surface area (Å²) in [5.74, 6) is -5.02. The molecule has 0 atom stereocenters. The number of hydrogen-bond donors (Lipinski definition) is 4. The molecule has 82 valence electrons. The van der Waals surface area contributed by atoms with E-state index in [0.29, 0.717) is 0 Å². The maximum atomic E-state index is 10.3. The number of carboxylic acid groups (broad SMARTS) is 3. The van der Waals surface area contributed by atoms with Crippen LogP contribution in [0.15, 0.2) is 0 Å². The molecule has 4 N–H and O–H groups in total. The summed E-state index contributed by atoms with van der Waals surface area (Å²) >= 11 is 0.